The zero-order valence-corrected chi connectivity index (χ0v) is 13.4. The lowest BCUT2D eigenvalue weighted by atomic mass is 10.1. The highest BCUT2D eigenvalue weighted by Gasteiger charge is 1.98. The van der Waals surface area contributed by atoms with Crippen LogP contribution in [0.15, 0.2) is 36.5 Å². The van der Waals surface area contributed by atoms with Crippen LogP contribution in [0.3, 0.4) is 0 Å². The summed E-state index contributed by atoms with van der Waals surface area (Å²) in [5.41, 5.74) is 0. The first kappa shape index (κ1) is 20.3. The molecule has 0 aliphatic carbocycles. The van der Waals surface area contributed by atoms with Crippen LogP contribution in [-0.4, -0.2) is 28.1 Å². The van der Waals surface area contributed by atoms with Gasteiger partial charge in [-0.05, 0) is 25.3 Å². The first-order valence-corrected chi connectivity index (χ1v) is 8.00. The molecule has 0 aromatic carbocycles. The van der Waals surface area contributed by atoms with Crippen LogP contribution in [0.2, 0.25) is 0 Å². The number of aliphatic carboxylic acids is 1. The molecular weight excluding hydrogens is 280 g/mol. The minimum Gasteiger partial charge on any atom is -0.481 e. The number of carbonyl (C=O) groups is 2. The Bertz CT molecular complexity index is 394. The van der Waals surface area contributed by atoms with Crippen molar-refractivity contribution < 1.29 is 19.8 Å². The summed E-state index contributed by atoms with van der Waals surface area (Å²) in [4.78, 5) is 21.9. The van der Waals surface area contributed by atoms with E-state index in [4.69, 9.17) is 5.11 Å². The Balaban J connectivity index is 3.60. The second-order valence-corrected chi connectivity index (χ2v) is 5.23. The molecule has 0 bridgehead atoms. The molecule has 0 radical (unpaired) electrons. The number of allylic oxidation sites excluding steroid dienone is 5. The second kappa shape index (κ2) is 14.3. The van der Waals surface area contributed by atoms with Gasteiger partial charge in [-0.25, -0.2) is 0 Å². The molecule has 0 saturated carbocycles. The number of carboxylic acids is 1. The van der Waals surface area contributed by atoms with E-state index in [2.05, 4.69) is 0 Å². The summed E-state index contributed by atoms with van der Waals surface area (Å²) in [6.07, 6.45) is 15.8. The third-order valence-electron chi connectivity index (χ3n) is 3.18. The predicted octanol–water partition coefficient (Wildman–Crippen LogP) is 3.81. The van der Waals surface area contributed by atoms with Crippen LogP contribution in [0.1, 0.15) is 58.3 Å². The van der Waals surface area contributed by atoms with Crippen LogP contribution in [0, 0.1) is 0 Å². The number of rotatable bonds is 13. The molecule has 0 aromatic heterocycles. The minimum absolute atomic E-state index is 0.104. The maximum absolute atomic E-state index is 11.6. The highest BCUT2D eigenvalue weighted by molar-refractivity contribution is 5.89. The van der Waals surface area contributed by atoms with Gasteiger partial charge in [-0.3, -0.25) is 9.59 Å². The molecule has 4 nitrogen and oxygen atoms in total. The zero-order chi connectivity index (χ0) is 16.6. The Labute approximate surface area is 133 Å². The van der Waals surface area contributed by atoms with E-state index >= 15 is 0 Å². The number of aliphatic hydroxyl groups excluding tert-OH is 1. The van der Waals surface area contributed by atoms with Gasteiger partial charge >= 0.3 is 5.97 Å². The topological polar surface area (TPSA) is 74.6 Å². The highest BCUT2D eigenvalue weighted by atomic mass is 16.4. The molecule has 0 aliphatic rings. The summed E-state index contributed by atoms with van der Waals surface area (Å²) >= 11 is 0. The maximum Gasteiger partial charge on any atom is 0.303 e. The van der Waals surface area contributed by atoms with Gasteiger partial charge in [0, 0.05) is 12.8 Å². The summed E-state index contributed by atoms with van der Waals surface area (Å²) in [7, 11) is 0. The van der Waals surface area contributed by atoms with E-state index in [1.807, 2.05) is 6.92 Å². The van der Waals surface area contributed by atoms with Crippen LogP contribution in [0.4, 0.5) is 0 Å². The predicted molar refractivity (Wildman–Crippen MR) is 88.7 cm³/mol. The van der Waals surface area contributed by atoms with Crippen molar-refractivity contribution in [2.45, 2.75) is 64.4 Å². The lowest BCUT2D eigenvalue weighted by molar-refractivity contribution is -0.137. The fourth-order valence-corrected chi connectivity index (χ4v) is 1.81. The normalized spacial score (nSPS) is 13.4. The van der Waals surface area contributed by atoms with Crippen molar-refractivity contribution in [3.05, 3.63) is 36.5 Å². The van der Waals surface area contributed by atoms with E-state index < -0.39 is 12.1 Å². The smallest absolute Gasteiger partial charge is 0.303 e. The van der Waals surface area contributed by atoms with Crippen molar-refractivity contribution in [3.8, 4) is 0 Å². The molecule has 0 aromatic rings. The fourth-order valence-electron chi connectivity index (χ4n) is 1.81. The van der Waals surface area contributed by atoms with Gasteiger partial charge in [0.25, 0.3) is 0 Å². The van der Waals surface area contributed by atoms with Crippen LogP contribution >= 0.6 is 0 Å². The number of aliphatic hydroxyl groups is 1. The van der Waals surface area contributed by atoms with E-state index in [1.54, 1.807) is 36.5 Å². The van der Waals surface area contributed by atoms with Gasteiger partial charge in [0.2, 0.25) is 0 Å². The molecule has 0 spiro atoms. The minimum atomic E-state index is -0.743. The van der Waals surface area contributed by atoms with Crippen molar-refractivity contribution in [3.63, 3.8) is 0 Å². The lowest BCUT2D eigenvalue weighted by Crippen LogP contribution is -1.97. The average molecular weight is 308 g/mol. The Morgan fingerprint density at radius 1 is 0.909 bits per heavy atom. The number of unbranched alkanes of at least 4 members (excludes halogenated alkanes) is 4. The number of hydrogen-bond acceptors (Lipinski definition) is 3. The molecule has 124 valence electrons. The summed E-state index contributed by atoms with van der Waals surface area (Å²) in [6.45, 7) is 1.91. The summed E-state index contributed by atoms with van der Waals surface area (Å²) in [5, 5.41) is 17.8. The molecule has 0 aliphatic heterocycles. The molecule has 22 heavy (non-hydrogen) atoms. The zero-order valence-electron chi connectivity index (χ0n) is 13.4. The van der Waals surface area contributed by atoms with Crippen LogP contribution in [0.5, 0.6) is 0 Å². The molecule has 0 rings (SSSR count). The van der Waals surface area contributed by atoms with Crippen LogP contribution in [0.25, 0.3) is 0 Å². The van der Waals surface area contributed by atoms with E-state index in [1.165, 1.54) is 0 Å². The standard InChI is InChI=1S/C18H28O4/c1-2-16(19)12-8-6-7-10-14-17(20)13-9-4-3-5-11-15-18(21)22/h6-8,10,12,14,16,19H,2-5,9,11,13,15H2,1H3,(H,21,22)/b7-6-,12-8+,14-10+. The van der Waals surface area contributed by atoms with Crippen LogP contribution in [-0.2, 0) is 9.59 Å². The van der Waals surface area contributed by atoms with Crippen molar-refractivity contribution in [2.24, 2.45) is 0 Å². The second-order valence-electron chi connectivity index (χ2n) is 5.23. The summed E-state index contributed by atoms with van der Waals surface area (Å²) < 4.78 is 0. The Morgan fingerprint density at radius 3 is 2.14 bits per heavy atom. The van der Waals surface area contributed by atoms with Gasteiger partial charge in [0.1, 0.15) is 0 Å². The number of carbonyl (C=O) groups excluding carboxylic acids is 1. The van der Waals surface area contributed by atoms with Gasteiger partial charge in [-0.2, -0.15) is 0 Å². The van der Waals surface area contributed by atoms with Crippen molar-refractivity contribution in [2.75, 3.05) is 0 Å². The average Bonchev–Trinajstić information content (AvgIpc) is 2.49. The number of hydrogen-bond donors (Lipinski definition) is 2. The molecule has 0 heterocycles. The summed E-state index contributed by atoms with van der Waals surface area (Å²) in [5.74, 6) is -0.639. The molecule has 4 heteroatoms. The van der Waals surface area contributed by atoms with Gasteiger partial charge < -0.3 is 10.2 Å². The van der Waals surface area contributed by atoms with Gasteiger partial charge in [-0.15, -0.1) is 0 Å². The lowest BCUT2D eigenvalue weighted by Gasteiger charge is -1.98. The molecule has 1 unspecified atom stereocenters. The fraction of sp³-hybridized carbons (Fsp3) is 0.556. The molecular formula is C18H28O4. The van der Waals surface area contributed by atoms with Gasteiger partial charge in [0.15, 0.2) is 5.78 Å². The quantitative estimate of drug-likeness (QED) is 0.308. The molecule has 1 atom stereocenters. The van der Waals surface area contributed by atoms with E-state index in [0.29, 0.717) is 19.3 Å². The Hall–Kier alpha value is -1.68. The monoisotopic (exact) mass is 308 g/mol. The Kier molecular flexibility index (Phi) is 13.2. The van der Waals surface area contributed by atoms with Gasteiger partial charge in [0.05, 0.1) is 6.10 Å². The highest BCUT2D eigenvalue weighted by Crippen LogP contribution is 2.07. The third-order valence-corrected chi connectivity index (χ3v) is 3.18. The molecule has 2 N–H and O–H groups in total. The summed E-state index contributed by atoms with van der Waals surface area (Å²) in [6, 6.07) is 0. The van der Waals surface area contributed by atoms with Crippen LogP contribution < -0.4 is 0 Å². The van der Waals surface area contributed by atoms with Crippen molar-refractivity contribution >= 4 is 11.8 Å². The maximum atomic E-state index is 11.6. The number of ketones is 1. The van der Waals surface area contributed by atoms with E-state index in [0.717, 1.165) is 25.7 Å². The third kappa shape index (κ3) is 14.7. The van der Waals surface area contributed by atoms with Crippen molar-refractivity contribution in [1.29, 1.82) is 0 Å². The number of carboxylic acid groups (broad SMARTS) is 1. The molecule has 0 fully saturated rings. The van der Waals surface area contributed by atoms with Crippen molar-refractivity contribution in [1.82, 2.24) is 0 Å². The first-order chi connectivity index (χ1) is 10.6. The van der Waals surface area contributed by atoms with E-state index in [-0.39, 0.29) is 12.2 Å². The van der Waals surface area contributed by atoms with Gasteiger partial charge in [-0.1, -0.05) is 56.6 Å². The largest absolute Gasteiger partial charge is 0.481 e. The Morgan fingerprint density at radius 2 is 1.50 bits per heavy atom. The SMILES string of the molecule is CCC(O)/C=C/C=C\C=C\C(=O)CCCCCCCC(=O)O. The molecule has 0 saturated heterocycles. The van der Waals surface area contributed by atoms with E-state index in [9.17, 15) is 14.7 Å². The first-order valence-electron chi connectivity index (χ1n) is 8.00. The molecule has 0 amide bonds.